The molecule has 25 heavy (non-hydrogen) atoms. The number of ether oxygens (including phenoxy) is 1. The summed E-state index contributed by atoms with van der Waals surface area (Å²) in [7, 11) is -1.24. The molecule has 2 atom stereocenters. The van der Waals surface area contributed by atoms with E-state index in [1.165, 1.54) is 5.56 Å². The molecule has 0 spiro atoms. The van der Waals surface area contributed by atoms with Crippen molar-refractivity contribution in [2.75, 3.05) is 38.2 Å². The topological polar surface area (TPSA) is 49.9 Å². The lowest BCUT2D eigenvalue weighted by Crippen LogP contribution is -2.58. The predicted molar refractivity (Wildman–Crippen MR) is 101 cm³/mol. The Kier molecular flexibility index (Phi) is 5.42. The van der Waals surface area contributed by atoms with Crippen LogP contribution in [-0.4, -0.2) is 68.6 Å². The van der Waals surface area contributed by atoms with Crippen molar-refractivity contribution >= 4 is 9.84 Å². The number of piperazine rings is 1. The van der Waals surface area contributed by atoms with E-state index in [0.717, 1.165) is 49.5 Å². The summed E-state index contributed by atoms with van der Waals surface area (Å²) in [4.78, 5) is 4.74. The molecule has 2 saturated heterocycles. The zero-order chi connectivity index (χ0) is 18.2. The van der Waals surface area contributed by atoms with Crippen LogP contribution in [0.4, 0.5) is 0 Å². The van der Waals surface area contributed by atoms with E-state index in [0.29, 0.717) is 5.75 Å². The van der Waals surface area contributed by atoms with Crippen LogP contribution in [0.2, 0.25) is 0 Å². The maximum Gasteiger partial charge on any atom is 0.153 e. The summed E-state index contributed by atoms with van der Waals surface area (Å²) in [5.74, 6) is 1.52. The standard InChI is InChI=1S/C19H30N2O3S/c1-5-6-20-7-8-21(18-13-25(22,23)12-17(18)20)11-16-10-14(2)9-15(3)19(16)24-4/h9-10,17-18H,5-8,11-13H2,1-4H3/t17-,18+/m1/s1. The van der Waals surface area contributed by atoms with Gasteiger partial charge in [0.15, 0.2) is 9.84 Å². The summed E-state index contributed by atoms with van der Waals surface area (Å²) in [5.41, 5.74) is 3.51. The maximum absolute atomic E-state index is 12.3. The van der Waals surface area contributed by atoms with Crippen molar-refractivity contribution in [2.24, 2.45) is 0 Å². The van der Waals surface area contributed by atoms with Gasteiger partial charge in [-0.15, -0.1) is 0 Å². The van der Waals surface area contributed by atoms with Crippen LogP contribution >= 0.6 is 0 Å². The molecule has 2 fully saturated rings. The molecular weight excluding hydrogens is 336 g/mol. The number of nitrogens with zero attached hydrogens (tertiary/aromatic N) is 2. The zero-order valence-electron chi connectivity index (χ0n) is 15.8. The van der Waals surface area contributed by atoms with Gasteiger partial charge in [0, 0.05) is 37.3 Å². The predicted octanol–water partition coefficient (Wildman–Crippen LogP) is 2.01. The molecule has 2 aliphatic rings. The van der Waals surface area contributed by atoms with Crippen molar-refractivity contribution < 1.29 is 13.2 Å². The maximum atomic E-state index is 12.3. The Hall–Kier alpha value is -1.11. The largest absolute Gasteiger partial charge is 0.496 e. The summed E-state index contributed by atoms with van der Waals surface area (Å²) in [6, 6.07) is 4.53. The minimum absolute atomic E-state index is 0.0934. The highest BCUT2D eigenvalue weighted by molar-refractivity contribution is 7.91. The lowest BCUT2D eigenvalue weighted by molar-refractivity contribution is 0.0401. The Morgan fingerprint density at radius 3 is 2.40 bits per heavy atom. The molecule has 0 unspecified atom stereocenters. The summed E-state index contributed by atoms with van der Waals surface area (Å²) in [6.07, 6.45) is 1.06. The van der Waals surface area contributed by atoms with Crippen LogP contribution in [0, 0.1) is 13.8 Å². The van der Waals surface area contributed by atoms with Gasteiger partial charge in [0.05, 0.1) is 18.6 Å². The molecule has 0 bridgehead atoms. The first kappa shape index (κ1) is 18.7. The summed E-state index contributed by atoms with van der Waals surface area (Å²) in [5, 5.41) is 0. The van der Waals surface area contributed by atoms with E-state index in [4.69, 9.17) is 4.74 Å². The van der Waals surface area contributed by atoms with Gasteiger partial charge in [-0.05, 0) is 32.4 Å². The van der Waals surface area contributed by atoms with E-state index in [9.17, 15) is 8.42 Å². The van der Waals surface area contributed by atoms with Crippen molar-refractivity contribution in [1.29, 1.82) is 0 Å². The molecule has 0 amide bonds. The second kappa shape index (κ2) is 7.25. The van der Waals surface area contributed by atoms with Crippen molar-refractivity contribution in [3.63, 3.8) is 0 Å². The smallest absolute Gasteiger partial charge is 0.153 e. The van der Waals surface area contributed by atoms with Gasteiger partial charge in [0.1, 0.15) is 5.75 Å². The number of fused-ring (bicyclic) bond motifs is 1. The molecule has 3 rings (SSSR count). The van der Waals surface area contributed by atoms with Crippen LogP contribution in [0.25, 0.3) is 0 Å². The van der Waals surface area contributed by atoms with Gasteiger partial charge in [-0.3, -0.25) is 9.80 Å². The third kappa shape index (κ3) is 3.86. The molecule has 2 heterocycles. The molecule has 0 radical (unpaired) electrons. The number of rotatable bonds is 5. The lowest BCUT2D eigenvalue weighted by atomic mass is 10.0. The molecule has 6 heteroatoms. The van der Waals surface area contributed by atoms with E-state index < -0.39 is 9.84 Å². The minimum Gasteiger partial charge on any atom is -0.496 e. The number of sulfone groups is 1. The van der Waals surface area contributed by atoms with Crippen molar-refractivity contribution in [2.45, 2.75) is 45.8 Å². The third-order valence-electron chi connectivity index (χ3n) is 5.49. The second-order valence-corrected chi connectivity index (χ2v) is 9.65. The first-order valence-electron chi connectivity index (χ1n) is 9.17. The normalized spacial score (nSPS) is 26.6. The van der Waals surface area contributed by atoms with E-state index in [-0.39, 0.29) is 17.8 Å². The number of hydrogen-bond acceptors (Lipinski definition) is 5. The molecule has 0 saturated carbocycles. The number of benzene rings is 1. The number of aryl methyl sites for hydroxylation is 2. The van der Waals surface area contributed by atoms with Crippen molar-refractivity contribution in [3.05, 3.63) is 28.8 Å². The van der Waals surface area contributed by atoms with Gasteiger partial charge >= 0.3 is 0 Å². The number of methoxy groups -OCH3 is 1. The van der Waals surface area contributed by atoms with E-state index in [1.54, 1.807) is 7.11 Å². The molecule has 5 nitrogen and oxygen atoms in total. The Bertz CT molecular complexity index is 732. The van der Waals surface area contributed by atoms with Crippen LogP contribution in [0.3, 0.4) is 0 Å². The molecule has 0 aliphatic carbocycles. The molecule has 1 aromatic carbocycles. The fraction of sp³-hybridized carbons (Fsp3) is 0.684. The molecule has 1 aromatic rings. The van der Waals surface area contributed by atoms with Gasteiger partial charge < -0.3 is 4.74 Å². The van der Waals surface area contributed by atoms with Gasteiger partial charge in [-0.2, -0.15) is 0 Å². The minimum atomic E-state index is -2.95. The Balaban J connectivity index is 1.86. The van der Waals surface area contributed by atoms with Crippen LogP contribution in [0.5, 0.6) is 5.75 Å². The highest BCUT2D eigenvalue weighted by atomic mass is 32.2. The SMILES string of the molecule is CCCN1CCN(Cc2cc(C)cc(C)c2OC)[C@H]2CS(=O)(=O)C[C@H]21. The quantitative estimate of drug-likeness (QED) is 0.798. The Labute approximate surface area is 151 Å². The highest BCUT2D eigenvalue weighted by Gasteiger charge is 2.46. The molecule has 0 N–H and O–H groups in total. The average Bonchev–Trinajstić information content (AvgIpc) is 2.85. The molecule has 0 aromatic heterocycles. The first-order valence-corrected chi connectivity index (χ1v) is 11.0. The summed E-state index contributed by atoms with van der Waals surface area (Å²) < 4.78 is 30.2. The zero-order valence-corrected chi connectivity index (χ0v) is 16.6. The van der Waals surface area contributed by atoms with Crippen molar-refractivity contribution in [3.8, 4) is 5.75 Å². The summed E-state index contributed by atoms with van der Waals surface area (Å²) in [6.45, 7) is 9.91. The van der Waals surface area contributed by atoms with E-state index in [2.05, 4.69) is 42.7 Å². The van der Waals surface area contributed by atoms with Gasteiger partial charge in [0.2, 0.25) is 0 Å². The molecule has 140 valence electrons. The van der Waals surface area contributed by atoms with Crippen LogP contribution in [-0.2, 0) is 16.4 Å². The highest BCUT2D eigenvalue weighted by Crippen LogP contribution is 2.31. The first-order chi connectivity index (χ1) is 11.8. The number of hydrogen-bond donors (Lipinski definition) is 0. The van der Waals surface area contributed by atoms with Crippen LogP contribution in [0.15, 0.2) is 12.1 Å². The fourth-order valence-corrected chi connectivity index (χ4v) is 6.57. The van der Waals surface area contributed by atoms with Gasteiger partial charge in [-0.25, -0.2) is 8.42 Å². The fourth-order valence-electron chi connectivity index (χ4n) is 4.53. The Morgan fingerprint density at radius 2 is 1.76 bits per heavy atom. The second-order valence-electron chi connectivity index (χ2n) is 7.49. The van der Waals surface area contributed by atoms with E-state index >= 15 is 0 Å². The Morgan fingerprint density at radius 1 is 1.12 bits per heavy atom. The molecular formula is C19H30N2O3S. The molecule has 2 aliphatic heterocycles. The average molecular weight is 367 g/mol. The van der Waals surface area contributed by atoms with Crippen LogP contribution in [0.1, 0.15) is 30.0 Å². The monoisotopic (exact) mass is 366 g/mol. The van der Waals surface area contributed by atoms with E-state index in [1.807, 2.05) is 0 Å². The third-order valence-corrected chi connectivity index (χ3v) is 7.19. The van der Waals surface area contributed by atoms with Gasteiger partial charge in [0.25, 0.3) is 0 Å². The lowest BCUT2D eigenvalue weighted by Gasteiger charge is -2.44. The van der Waals surface area contributed by atoms with Crippen molar-refractivity contribution in [1.82, 2.24) is 9.80 Å². The van der Waals surface area contributed by atoms with Crippen LogP contribution < -0.4 is 4.74 Å². The summed E-state index contributed by atoms with van der Waals surface area (Å²) >= 11 is 0. The van der Waals surface area contributed by atoms with Gasteiger partial charge in [-0.1, -0.05) is 24.6 Å².